The van der Waals surface area contributed by atoms with E-state index in [0.717, 1.165) is 24.3 Å². The molecule has 0 fully saturated rings. The summed E-state index contributed by atoms with van der Waals surface area (Å²) in [7, 11) is 0. The highest BCUT2D eigenvalue weighted by molar-refractivity contribution is 7.03. The van der Waals surface area contributed by atoms with Crippen LogP contribution in [0.5, 0.6) is 0 Å². The van der Waals surface area contributed by atoms with E-state index in [4.69, 9.17) is 0 Å². The Labute approximate surface area is 107 Å². The van der Waals surface area contributed by atoms with Crippen molar-refractivity contribution in [3.8, 4) is 11.3 Å². The molecule has 0 bridgehead atoms. The molecular weight excluding hydrogens is 230 g/mol. The van der Waals surface area contributed by atoms with E-state index in [2.05, 4.69) is 46.1 Å². The summed E-state index contributed by atoms with van der Waals surface area (Å²) < 4.78 is 3.85. The lowest BCUT2D eigenvalue weighted by Crippen LogP contribution is -2.11. The van der Waals surface area contributed by atoms with Crippen LogP contribution in [0.15, 0.2) is 29.6 Å². The number of rotatable bonds is 4. The zero-order chi connectivity index (χ0) is 12.5. The minimum absolute atomic E-state index is 0.923. The molecule has 0 unspecified atom stereocenters. The predicted octanol–water partition coefficient (Wildman–Crippen LogP) is 3.34. The van der Waals surface area contributed by atoms with Crippen LogP contribution >= 0.6 is 11.5 Å². The van der Waals surface area contributed by atoms with E-state index in [1.54, 1.807) is 0 Å². The fourth-order valence-electron chi connectivity index (χ4n) is 1.35. The van der Waals surface area contributed by atoms with Gasteiger partial charge >= 0.3 is 0 Å². The monoisotopic (exact) mass is 249 g/mol. The van der Waals surface area contributed by atoms with E-state index in [0.29, 0.717) is 0 Å². The second kappa shape index (κ2) is 7.92. The Kier molecular flexibility index (Phi) is 6.43. The molecule has 0 amide bonds. The van der Waals surface area contributed by atoms with Crippen LogP contribution in [0.1, 0.15) is 26.3 Å². The molecule has 0 aliphatic heterocycles. The first-order chi connectivity index (χ1) is 8.40. The lowest BCUT2D eigenvalue weighted by molar-refractivity contribution is 0.727. The SMILES string of the molecule is CC.CCNCc1ccc(-c2csnn2)cc1. The van der Waals surface area contributed by atoms with Gasteiger partial charge in [0.1, 0.15) is 5.69 Å². The Bertz CT molecular complexity index is 395. The molecule has 0 atom stereocenters. The second-order valence-electron chi connectivity index (χ2n) is 3.27. The lowest BCUT2D eigenvalue weighted by atomic mass is 10.1. The Morgan fingerprint density at radius 2 is 1.88 bits per heavy atom. The highest BCUT2D eigenvalue weighted by Gasteiger charge is 2.00. The standard InChI is InChI=1S/C11H13N3S.C2H6/c1-2-12-7-9-3-5-10(6-4-9)11-8-15-14-13-11;1-2/h3-6,8,12H,2,7H2,1H3;1-2H3. The molecule has 92 valence electrons. The van der Waals surface area contributed by atoms with Gasteiger partial charge in [-0.2, -0.15) is 0 Å². The molecule has 0 saturated carbocycles. The van der Waals surface area contributed by atoms with Crippen molar-refractivity contribution in [3.63, 3.8) is 0 Å². The molecular formula is C13H19N3S. The summed E-state index contributed by atoms with van der Waals surface area (Å²) in [5, 5.41) is 9.28. The van der Waals surface area contributed by atoms with E-state index >= 15 is 0 Å². The average molecular weight is 249 g/mol. The van der Waals surface area contributed by atoms with Crippen LogP contribution in [0.3, 0.4) is 0 Å². The van der Waals surface area contributed by atoms with E-state index in [-0.39, 0.29) is 0 Å². The van der Waals surface area contributed by atoms with Crippen LogP contribution in [0.4, 0.5) is 0 Å². The molecule has 0 aliphatic rings. The Morgan fingerprint density at radius 3 is 2.41 bits per heavy atom. The van der Waals surface area contributed by atoms with Crippen LogP contribution in [0.25, 0.3) is 11.3 Å². The van der Waals surface area contributed by atoms with Gasteiger partial charge in [0, 0.05) is 17.5 Å². The van der Waals surface area contributed by atoms with Crippen LogP contribution < -0.4 is 5.32 Å². The highest BCUT2D eigenvalue weighted by atomic mass is 32.1. The minimum atomic E-state index is 0.923. The molecule has 1 heterocycles. The molecule has 1 aromatic heterocycles. The van der Waals surface area contributed by atoms with E-state index in [9.17, 15) is 0 Å². The predicted molar refractivity (Wildman–Crippen MR) is 74.1 cm³/mol. The fourth-order valence-corrected chi connectivity index (χ4v) is 1.82. The summed E-state index contributed by atoms with van der Waals surface area (Å²) in [4.78, 5) is 0. The van der Waals surface area contributed by atoms with Gasteiger partial charge in [0.05, 0.1) is 0 Å². The number of benzene rings is 1. The fraction of sp³-hybridized carbons (Fsp3) is 0.385. The van der Waals surface area contributed by atoms with Crippen molar-refractivity contribution in [2.75, 3.05) is 6.54 Å². The van der Waals surface area contributed by atoms with Gasteiger partial charge in [-0.1, -0.05) is 49.5 Å². The van der Waals surface area contributed by atoms with Gasteiger partial charge < -0.3 is 5.32 Å². The maximum atomic E-state index is 4.03. The van der Waals surface area contributed by atoms with Crippen LogP contribution in [0, 0.1) is 0 Å². The third-order valence-electron chi connectivity index (χ3n) is 2.19. The van der Waals surface area contributed by atoms with Gasteiger partial charge in [-0.3, -0.25) is 0 Å². The van der Waals surface area contributed by atoms with E-state index in [1.807, 2.05) is 19.2 Å². The van der Waals surface area contributed by atoms with Crippen molar-refractivity contribution in [2.24, 2.45) is 0 Å². The van der Waals surface area contributed by atoms with Crippen molar-refractivity contribution in [2.45, 2.75) is 27.3 Å². The smallest absolute Gasteiger partial charge is 0.105 e. The van der Waals surface area contributed by atoms with Gasteiger partial charge in [-0.25, -0.2) is 0 Å². The molecule has 0 saturated heterocycles. The molecule has 2 aromatic rings. The molecule has 1 aromatic carbocycles. The molecule has 3 nitrogen and oxygen atoms in total. The molecule has 0 aliphatic carbocycles. The van der Waals surface area contributed by atoms with Crippen molar-refractivity contribution in [1.29, 1.82) is 0 Å². The normalized spacial score (nSPS) is 9.59. The molecule has 2 rings (SSSR count). The van der Waals surface area contributed by atoms with Crippen molar-refractivity contribution >= 4 is 11.5 Å². The maximum absolute atomic E-state index is 4.03. The number of aromatic nitrogens is 2. The third kappa shape index (κ3) is 4.24. The topological polar surface area (TPSA) is 37.8 Å². The van der Waals surface area contributed by atoms with Crippen molar-refractivity contribution in [3.05, 3.63) is 35.2 Å². The summed E-state index contributed by atoms with van der Waals surface area (Å²) in [6.07, 6.45) is 0. The Morgan fingerprint density at radius 1 is 1.18 bits per heavy atom. The van der Waals surface area contributed by atoms with Gasteiger partial charge in [0.25, 0.3) is 0 Å². The van der Waals surface area contributed by atoms with E-state index < -0.39 is 0 Å². The molecule has 4 heteroatoms. The second-order valence-corrected chi connectivity index (χ2v) is 3.88. The first-order valence-electron chi connectivity index (χ1n) is 5.97. The summed E-state index contributed by atoms with van der Waals surface area (Å²) in [6.45, 7) is 8.03. The average Bonchev–Trinajstić information content (AvgIpc) is 2.93. The number of hydrogen-bond acceptors (Lipinski definition) is 4. The zero-order valence-corrected chi connectivity index (χ0v) is 11.4. The van der Waals surface area contributed by atoms with Crippen molar-refractivity contribution in [1.82, 2.24) is 14.9 Å². The number of hydrogen-bond donors (Lipinski definition) is 1. The molecule has 0 spiro atoms. The molecule has 1 N–H and O–H groups in total. The largest absolute Gasteiger partial charge is 0.313 e. The van der Waals surface area contributed by atoms with Crippen LogP contribution in [-0.2, 0) is 6.54 Å². The Hall–Kier alpha value is -1.26. The molecule has 17 heavy (non-hydrogen) atoms. The van der Waals surface area contributed by atoms with Gasteiger partial charge in [0.15, 0.2) is 0 Å². The third-order valence-corrected chi connectivity index (χ3v) is 2.69. The lowest BCUT2D eigenvalue weighted by Gasteiger charge is -2.02. The van der Waals surface area contributed by atoms with Gasteiger partial charge in [-0.15, -0.1) is 5.10 Å². The van der Waals surface area contributed by atoms with Crippen molar-refractivity contribution < 1.29 is 0 Å². The summed E-state index contributed by atoms with van der Waals surface area (Å²) >= 11 is 1.38. The molecule has 0 radical (unpaired) electrons. The maximum Gasteiger partial charge on any atom is 0.105 e. The quantitative estimate of drug-likeness (QED) is 0.903. The summed E-state index contributed by atoms with van der Waals surface area (Å²) in [6, 6.07) is 8.42. The zero-order valence-electron chi connectivity index (χ0n) is 10.6. The summed E-state index contributed by atoms with van der Waals surface area (Å²) in [5.74, 6) is 0. The van der Waals surface area contributed by atoms with Crippen LogP contribution in [-0.4, -0.2) is 16.1 Å². The van der Waals surface area contributed by atoms with E-state index in [1.165, 1.54) is 17.1 Å². The highest BCUT2D eigenvalue weighted by Crippen LogP contribution is 2.17. The van der Waals surface area contributed by atoms with Crippen LogP contribution in [0.2, 0.25) is 0 Å². The van der Waals surface area contributed by atoms with Gasteiger partial charge in [-0.05, 0) is 23.6 Å². The number of nitrogens with zero attached hydrogens (tertiary/aromatic N) is 2. The first kappa shape index (κ1) is 13.8. The minimum Gasteiger partial charge on any atom is -0.313 e. The first-order valence-corrected chi connectivity index (χ1v) is 6.81. The van der Waals surface area contributed by atoms with Gasteiger partial charge in [0.2, 0.25) is 0 Å². The Balaban J connectivity index is 0.000000686. The number of nitrogens with one attached hydrogen (secondary N) is 1. The summed E-state index contributed by atoms with van der Waals surface area (Å²) in [5.41, 5.74) is 3.38.